The molecule has 8 heteroatoms. The lowest BCUT2D eigenvalue weighted by Crippen LogP contribution is -2.48. The van der Waals surface area contributed by atoms with Gasteiger partial charge in [-0.05, 0) is 18.2 Å². The van der Waals surface area contributed by atoms with Gasteiger partial charge in [-0.2, -0.15) is 0 Å². The Hall–Kier alpha value is -2.48. The highest BCUT2D eigenvalue weighted by atomic mass is 35.5. The van der Waals surface area contributed by atoms with E-state index in [0.29, 0.717) is 11.6 Å². The van der Waals surface area contributed by atoms with E-state index in [1.807, 2.05) is 54.6 Å². The maximum absolute atomic E-state index is 12.2. The average Bonchev–Trinajstić information content (AvgIpc) is 3.19. The molecular weight excluding hydrogens is 394 g/mol. The summed E-state index contributed by atoms with van der Waals surface area (Å²) in [5, 5.41) is 14.0. The molecule has 1 aromatic heterocycles. The van der Waals surface area contributed by atoms with Crippen LogP contribution in [0.3, 0.4) is 0 Å². The fourth-order valence-corrected chi connectivity index (χ4v) is 4.33. The number of hydrogen-bond donors (Lipinski definition) is 1. The number of carbonyl (C=O) groups is 1. The smallest absolute Gasteiger partial charge is 0.238 e. The number of hydrogen-bond acceptors (Lipinski definition) is 6. The molecule has 4 rings (SSSR count). The molecule has 1 saturated heterocycles. The predicted molar refractivity (Wildman–Crippen MR) is 114 cm³/mol. The van der Waals surface area contributed by atoms with Crippen molar-refractivity contribution in [3.8, 4) is 10.6 Å². The van der Waals surface area contributed by atoms with Crippen LogP contribution < -0.4 is 10.2 Å². The number of benzene rings is 2. The number of carbonyl (C=O) groups excluding carboxylic acids is 1. The minimum atomic E-state index is 0.0107. The molecule has 0 radical (unpaired) electrons. The van der Waals surface area contributed by atoms with E-state index in [1.165, 1.54) is 0 Å². The van der Waals surface area contributed by atoms with Crippen LogP contribution in [-0.2, 0) is 4.79 Å². The summed E-state index contributed by atoms with van der Waals surface area (Å²) >= 11 is 7.81. The molecule has 0 aliphatic carbocycles. The number of aromatic nitrogens is 2. The summed E-state index contributed by atoms with van der Waals surface area (Å²) in [6.07, 6.45) is 0. The van der Waals surface area contributed by atoms with Gasteiger partial charge in [-0.1, -0.05) is 59.3 Å². The standard InChI is InChI=1S/C20H20ClN5OS/c21-17-9-5-4-8-16(17)19-23-24-20(28-19)26-12-10-25(11-13-26)14-18(27)22-15-6-2-1-3-7-15/h1-9H,10-14H2,(H,22,27). The number of nitrogens with one attached hydrogen (secondary N) is 1. The number of piperazine rings is 1. The number of amides is 1. The highest BCUT2D eigenvalue weighted by Crippen LogP contribution is 2.33. The van der Waals surface area contributed by atoms with E-state index in [1.54, 1.807) is 11.3 Å². The Bertz CT molecular complexity index is 941. The van der Waals surface area contributed by atoms with E-state index in [0.717, 1.165) is 47.6 Å². The molecule has 1 N–H and O–H groups in total. The Labute approximate surface area is 172 Å². The maximum atomic E-state index is 12.2. The van der Waals surface area contributed by atoms with Gasteiger partial charge in [-0.3, -0.25) is 9.69 Å². The Morgan fingerprint density at radius 2 is 1.71 bits per heavy atom. The summed E-state index contributed by atoms with van der Waals surface area (Å²) in [5.74, 6) is 0.0107. The van der Waals surface area contributed by atoms with Gasteiger partial charge in [0.05, 0.1) is 11.6 Å². The molecule has 0 unspecified atom stereocenters. The lowest BCUT2D eigenvalue weighted by molar-refractivity contribution is -0.117. The SMILES string of the molecule is O=C(CN1CCN(c2nnc(-c3ccccc3Cl)s2)CC1)Nc1ccccc1. The Balaban J connectivity index is 1.31. The van der Waals surface area contributed by atoms with Crippen LogP contribution >= 0.6 is 22.9 Å². The Morgan fingerprint density at radius 3 is 2.46 bits per heavy atom. The summed E-state index contributed by atoms with van der Waals surface area (Å²) in [6, 6.07) is 17.2. The first kappa shape index (κ1) is 18.9. The third-order valence-corrected chi connectivity index (χ3v) is 5.93. The molecule has 0 spiro atoms. The van der Waals surface area contributed by atoms with Crippen LogP contribution in [0.2, 0.25) is 5.02 Å². The molecule has 0 atom stereocenters. The summed E-state index contributed by atoms with van der Waals surface area (Å²) in [4.78, 5) is 16.6. The fraction of sp³-hybridized carbons (Fsp3) is 0.250. The van der Waals surface area contributed by atoms with Crippen molar-refractivity contribution in [2.45, 2.75) is 0 Å². The van der Waals surface area contributed by atoms with Gasteiger partial charge in [0, 0.05) is 37.4 Å². The first-order chi connectivity index (χ1) is 13.7. The number of halogens is 1. The zero-order valence-electron chi connectivity index (χ0n) is 15.2. The third kappa shape index (κ3) is 4.49. The molecule has 1 amide bonds. The molecule has 3 aromatic rings. The van der Waals surface area contributed by atoms with Gasteiger partial charge in [0.1, 0.15) is 0 Å². The van der Waals surface area contributed by atoms with E-state index >= 15 is 0 Å². The van der Waals surface area contributed by atoms with E-state index in [9.17, 15) is 4.79 Å². The second-order valence-electron chi connectivity index (χ2n) is 6.55. The van der Waals surface area contributed by atoms with Crippen molar-refractivity contribution < 1.29 is 4.79 Å². The van der Waals surface area contributed by atoms with E-state index in [-0.39, 0.29) is 5.91 Å². The number of rotatable bonds is 5. The molecule has 144 valence electrons. The Kier molecular flexibility index (Phi) is 5.85. The minimum Gasteiger partial charge on any atom is -0.344 e. The van der Waals surface area contributed by atoms with Gasteiger partial charge < -0.3 is 10.2 Å². The van der Waals surface area contributed by atoms with Gasteiger partial charge in [0.15, 0.2) is 5.01 Å². The molecule has 1 aliphatic rings. The van der Waals surface area contributed by atoms with Crippen LogP contribution in [0.4, 0.5) is 10.8 Å². The van der Waals surface area contributed by atoms with Crippen LogP contribution in [0.15, 0.2) is 54.6 Å². The fourth-order valence-electron chi connectivity index (χ4n) is 3.11. The maximum Gasteiger partial charge on any atom is 0.238 e. The molecule has 2 heterocycles. The largest absolute Gasteiger partial charge is 0.344 e. The highest BCUT2D eigenvalue weighted by Gasteiger charge is 2.22. The summed E-state index contributed by atoms with van der Waals surface area (Å²) in [7, 11) is 0. The first-order valence-corrected chi connectivity index (χ1v) is 10.3. The lowest BCUT2D eigenvalue weighted by atomic mass is 10.2. The van der Waals surface area contributed by atoms with Crippen LogP contribution in [-0.4, -0.2) is 53.7 Å². The zero-order chi connectivity index (χ0) is 19.3. The third-order valence-electron chi connectivity index (χ3n) is 4.59. The van der Waals surface area contributed by atoms with E-state index in [4.69, 9.17) is 11.6 Å². The number of anilines is 2. The van der Waals surface area contributed by atoms with Crippen molar-refractivity contribution in [3.05, 3.63) is 59.6 Å². The summed E-state index contributed by atoms with van der Waals surface area (Å²) in [6.45, 7) is 3.64. The van der Waals surface area contributed by atoms with E-state index < -0.39 is 0 Å². The normalized spacial score (nSPS) is 14.8. The van der Waals surface area contributed by atoms with Gasteiger partial charge in [-0.15, -0.1) is 10.2 Å². The predicted octanol–water partition coefficient (Wildman–Crippen LogP) is 3.62. The highest BCUT2D eigenvalue weighted by molar-refractivity contribution is 7.18. The quantitative estimate of drug-likeness (QED) is 0.692. The molecule has 0 bridgehead atoms. The van der Waals surface area contributed by atoms with Gasteiger partial charge >= 0.3 is 0 Å². The van der Waals surface area contributed by atoms with Crippen molar-refractivity contribution in [3.63, 3.8) is 0 Å². The van der Waals surface area contributed by atoms with Crippen molar-refractivity contribution in [2.24, 2.45) is 0 Å². The molecule has 1 fully saturated rings. The summed E-state index contributed by atoms with van der Waals surface area (Å²) < 4.78 is 0. The summed E-state index contributed by atoms with van der Waals surface area (Å²) in [5.41, 5.74) is 1.73. The van der Waals surface area contributed by atoms with E-state index in [2.05, 4.69) is 25.3 Å². The van der Waals surface area contributed by atoms with Crippen molar-refractivity contribution in [1.29, 1.82) is 0 Å². The number of para-hydroxylation sites is 1. The molecular formula is C20H20ClN5OS. The second kappa shape index (κ2) is 8.68. The van der Waals surface area contributed by atoms with Crippen molar-refractivity contribution >= 4 is 39.7 Å². The molecule has 1 aliphatic heterocycles. The molecule has 0 saturated carbocycles. The van der Waals surface area contributed by atoms with Gasteiger partial charge in [-0.25, -0.2) is 0 Å². The van der Waals surface area contributed by atoms with Crippen molar-refractivity contribution in [1.82, 2.24) is 15.1 Å². The second-order valence-corrected chi connectivity index (χ2v) is 7.91. The first-order valence-electron chi connectivity index (χ1n) is 9.09. The van der Waals surface area contributed by atoms with Crippen LogP contribution in [0.5, 0.6) is 0 Å². The molecule has 6 nitrogen and oxygen atoms in total. The minimum absolute atomic E-state index is 0.0107. The molecule has 2 aromatic carbocycles. The average molecular weight is 414 g/mol. The Morgan fingerprint density at radius 1 is 1.00 bits per heavy atom. The topological polar surface area (TPSA) is 61.4 Å². The van der Waals surface area contributed by atoms with Gasteiger partial charge in [0.2, 0.25) is 11.0 Å². The van der Waals surface area contributed by atoms with Crippen molar-refractivity contribution in [2.75, 3.05) is 42.9 Å². The lowest BCUT2D eigenvalue weighted by Gasteiger charge is -2.33. The monoisotopic (exact) mass is 413 g/mol. The van der Waals surface area contributed by atoms with Crippen LogP contribution in [0.1, 0.15) is 0 Å². The van der Waals surface area contributed by atoms with Gasteiger partial charge in [0.25, 0.3) is 0 Å². The van der Waals surface area contributed by atoms with Crippen LogP contribution in [0.25, 0.3) is 10.6 Å². The van der Waals surface area contributed by atoms with Crippen LogP contribution in [0, 0.1) is 0 Å². The number of nitrogens with zero attached hydrogens (tertiary/aromatic N) is 4. The zero-order valence-corrected chi connectivity index (χ0v) is 16.8. The molecule has 28 heavy (non-hydrogen) atoms.